The first-order chi connectivity index (χ1) is 9.99. The highest BCUT2D eigenvalue weighted by Gasteiger charge is 2.17. The summed E-state index contributed by atoms with van der Waals surface area (Å²) >= 11 is 1.33. The molecule has 0 bridgehead atoms. The van der Waals surface area contributed by atoms with Crippen molar-refractivity contribution in [3.63, 3.8) is 0 Å². The summed E-state index contributed by atoms with van der Waals surface area (Å²) in [5, 5.41) is 3.31. The van der Waals surface area contributed by atoms with Crippen molar-refractivity contribution in [2.45, 2.75) is 43.9 Å². The molecule has 0 aromatic carbocycles. The Bertz CT molecular complexity index is 500. The van der Waals surface area contributed by atoms with Crippen LogP contribution in [0.2, 0.25) is 0 Å². The van der Waals surface area contributed by atoms with Gasteiger partial charge in [0.2, 0.25) is 10.0 Å². The Morgan fingerprint density at radius 2 is 2.05 bits per heavy atom. The van der Waals surface area contributed by atoms with Crippen LogP contribution in [0.1, 0.15) is 32.1 Å². The summed E-state index contributed by atoms with van der Waals surface area (Å²) in [6.07, 6.45) is 1.84. The minimum Gasteiger partial charge on any atom is -0.377 e. The van der Waals surface area contributed by atoms with Crippen molar-refractivity contribution in [3.8, 4) is 0 Å². The van der Waals surface area contributed by atoms with Gasteiger partial charge >= 0.3 is 0 Å². The number of hydrogen-bond donors (Lipinski definition) is 2. The molecule has 0 saturated heterocycles. The first-order valence-electron chi connectivity index (χ1n) is 7.40. The molecular formula is C14H26N2O3S2. The van der Waals surface area contributed by atoms with Crippen molar-refractivity contribution >= 4 is 21.4 Å². The molecule has 1 atom stereocenters. The van der Waals surface area contributed by atoms with E-state index >= 15 is 0 Å². The fraction of sp³-hybridized carbons (Fsp3) is 0.714. The molecule has 122 valence electrons. The summed E-state index contributed by atoms with van der Waals surface area (Å²) in [5.74, 6) is 0. The van der Waals surface area contributed by atoms with Crippen LogP contribution in [0.4, 0.5) is 0 Å². The van der Waals surface area contributed by atoms with E-state index in [4.69, 9.17) is 4.74 Å². The van der Waals surface area contributed by atoms with Crippen LogP contribution >= 0.6 is 11.3 Å². The number of ether oxygens (including phenoxy) is 1. The zero-order chi connectivity index (χ0) is 15.7. The van der Waals surface area contributed by atoms with Gasteiger partial charge in [-0.05, 0) is 51.9 Å². The van der Waals surface area contributed by atoms with Gasteiger partial charge in [-0.25, -0.2) is 13.1 Å². The summed E-state index contributed by atoms with van der Waals surface area (Å²) in [5.41, 5.74) is 0. The van der Waals surface area contributed by atoms with Crippen molar-refractivity contribution < 1.29 is 13.2 Å². The van der Waals surface area contributed by atoms with Crippen molar-refractivity contribution in [3.05, 3.63) is 17.0 Å². The normalized spacial score (nSPS) is 13.5. The van der Waals surface area contributed by atoms with E-state index in [0.29, 0.717) is 17.4 Å². The third-order valence-electron chi connectivity index (χ3n) is 2.89. The van der Waals surface area contributed by atoms with Gasteiger partial charge in [-0.2, -0.15) is 0 Å². The zero-order valence-electron chi connectivity index (χ0n) is 13.0. The average molecular weight is 335 g/mol. The Hall–Kier alpha value is -0.470. The van der Waals surface area contributed by atoms with Gasteiger partial charge in [0, 0.05) is 18.0 Å². The lowest BCUT2D eigenvalue weighted by Gasteiger charge is -2.12. The highest BCUT2D eigenvalue weighted by Crippen LogP contribution is 2.21. The van der Waals surface area contributed by atoms with Crippen molar-refractivity contribution in [1.29, 1.82) is 0 Å². The molecule has 0 spiro atoms. The van der Waals surface area contributed by atoms with Crippen LogP contribution in [-0.2, 0) is 21.2 Å². The Labute approximate surface area is 132 Å². The van der Waals surface area contributed by atoms with Crippen molar-refractivity contribution in [2.24, 2.45) is 0 Å². The number of nitrogens with one attached hydrogen (secondary N) is 2. The van der Waals surface area contributed by atoms with Gasteiger partial charge < -0.3 is 10.1 Å². The fourth-order valence-corrected chi connectivity index (χ4v) is 4.31. The van der Waals surface area contributed by atoms with E-state index in [1.807, 2.05) is 19.9 Å². The summed E-state index contributed by atoms with van der Waals surface area (Å²) in [6, 6.07) is 3.56. The van der Waals surface area contributed by atoms with Gasteiger partial charge in [-0.3, -0.25) is 0 Å². The maximum Gasteiger partial charge on any atom is 0.250 e. The quantitative estimate of drug-likeness (QED) is 0.607. The molecule has 0 radical (unpaired) electrons. The third kappa shape index (κ3) is 6.88. The highest BCUT2D eigenvalue weighted by molar-refractivity contribution is 7.91. The predicted octanol–water partition coefficient (Wildman–Crippen LogP) is 1.99. The first-order valence-corrected chi connectivity index (χ1v) is 9.70. The molecule has 1 rings (SSSR count). The summed E-state index contributed by atoms with van der Waals surface area (Å²) in [7, 11) is -3.42. The van der Waals surface area contributed by atoms with Crippen LogP contribution in [0, 0.1) is 0 Å². The van der Waals surface area contributed by atoms with Gasteiger partial charge in [0.1, 0.15) is 4.21 Å². The minimum atomic E-state index is -3.42. The molecular weight excluding hydrogens is 308 g/mol. The average Bonchev–Trinajstić information content (AvgIpc) is 2.92. The number of rotatable bonds is 11. The number of thiophene rings is 1. The summed E-state index contributed by atoms with van der Waals surface area (Å²) in [6.45, 7) is 8.61. The van der Waals surface area contributed by atoms with Crippen LogP contribution in [0.5, 0.6) is 0 Å². The Kier molecular flexibility index (Phi) is 8.43. The predicted molar refractivity (Wildman–Crippen MR) is 87.5 cm³/mol. The van der Waals surface area contributed by atoms with Crippen LogP contribution in [0.3, 0.4) is 0 Å². The lowest BCUT2D eigenvalue weighted by atomic mass is 10.3. The minimum absolute atomic E-state index is 0.123. The van der Waals surface area contributed by atoms with E-state index < -0.39 is 10.0 Å². The molecule has 1 aromatic heterocycles. The Morgan fingerprint density at radius 3 is 2.71 bits per heavy atom. The van der Waals surface area contributed by atoms with E-state index in [1.54, 1.807) is 6.07 Å². The molecule has 1 aromatic rings. The second-order valence-corrected chi connectivity index (χ2v) is 8.00. The van der Waals surface area contributed by atoms with Crippen LogP contribution in [0.25, 0.3) is 0 Å². The van der Waals surface area contributed by atoms with E-state index in [9.17, 15) is 8.42 Å². The second kappa shape index (κ2) is 9.53. The molecule has 7 heteroatoms. The molecule has 0 saturated carbocycles. The largest absolute Gasteiger partial charge is 0.377 e. The first kappa shape index (κ1) is 18.6. The summed E-state index contributed by atoms with van der Waals surface area (Å²) in [4.78, 5) is 1.08. The van der Waals surface area contributed by atoms with Crippen LogP contribution in [-0.4, -0.2) is 40.8 Å². The molecule has 5 nitrogen and oxygen atoms in total. The van der Waals surface area contributed by atoms with Crippen LogP contribution < -0.4 is 10.0 Å². The monoisotopic (exact) mass is 334 g/mol. The maximum absolute atomic E-state index is 12.2. The molecule has 0 amide bonds. The van der Waals surface area contributed by atoms with E-state index in [0.717, 1.165) is 30.8 Å². The SMILES string of the molecule is CCCNCCc1ccc(S(=O)(=O)NCC(C)OCC)s1. The molecule has 0 aliphatic heterocycles. The highest BCUT2D eigenvalue weighted by atomic mass is 32.2. The number of hydrogen-bond acceptors (Lipinski definition) is 5. The van der Waals surface area contributed by atoms with Gasteiger partial charge in [0.15, 0.2) is 0 Å². The maximum atomic E-state index is 12.2. The van der Waals surface area contributed by atoms with E-state index in [1.165, 1.54) is 11.3 Å². The molecule has 0 aliphatic rings. The smallest absolute Gasteiger partial charge is 0.250 e. The third-order valence-corrected chi connectivity index (χ3v) is 5.95. The van der Waals surface area contributed by atoms with Crippen molar-refractivity contribution in [1.82, 2.24) is 10.0 Å². The molecule has 0 aliphatic carbocycles. The van der Waals surface area contributed by atoms with Gasteiger partial charge in [0.25, 0.3) is 0 Å². The Morgan fingerprint density at radius 1 is 1.29 bits per heavy atom. The zero-order valence-corrected chi connectivity index (χ0v) is 14.6. The molecule has 21 heavy (non-hydrogen) atoms. The molecule has 0 fully saturated rings. The molecule has 1 unspecified atom stereocenters. The van der Waals surface area contributed by atoms with Gasteiger partial charge in [-0.1, -0.05) is 6.92 Å². The van der Waals surface area contributed by atoms with E-state index in [2.05, 4.69) is 17.0 Å². The molecule has 2 N–H and O–H groups in total. The standard InChI is InChI=1S/C14H26N2O3S2/c1-4-9-15-10-8-13-6-7-14(20-13)21(17,18)16-11-12(3)19-5-2/h6-7,12,15-16H,4-5,8-11H2,1-3H3. The van der Waals surface area contributed by atoms with Crippen LogP contribution in [0.15, 0.2) is 16.3 Å². The molecule has 1 heterocycles. The fourth-order valence-electron chi connectivity index (χ4n) is 1.79. The lowest BCUT2D eigenvalue weighted by Crippen LogP contribution is -2.31. The lowest BCUT2D eigenvalue weighted by molar-refractivity contribution is 0.0800. The topological polar surface area (TPSA) is 67.4 Å². The summed E-state index contributed by atoms with van der Waals surface area (Å²) < 4.78 is 32.6. The van der Waals surface area contributed by atoms with Gasteiger partial charge in [0.05, 0.1) is 6.10 Å². The number of sulfonamides is 1. The van der Waals surface area contributed by atoms with Crippen molar-refractivity contribution in [2.75, 3.05) is 26.2 Å². The van der Waals surface area contributed by atoms with Gasteiger partial charge in [-0.15, -0.1) is 11.3 Å². The second-order valence-electron chi connectivity index (χ2n) is 4.84. The Balaban J connectivity index is 2.49. The van der Waals surface area contributed by atoms with E-state index in [-0.39, 0.29) is 6.10 Å².